The van der Waals surface area contributed by atoms with Crippen LogP contribution in [0.5, 0.6) is 0 Å². The summed E-state index contributed by atoms with van der Waals surface area (Å²) < 4.78 is 0. The molecule has 4 heteroatoms. The number of carboxylic acid groups (broad SMARTS) is 1. The zero-order valence-corrected chi connectivity index (χ0v) is 15.7. The first-order valence-electron chi connectivity index (χ1n) is 8.28. The molecule has 26 heavy (non-hydrogen) atoms. The van der Waals surface area contributed by atoms with E-state index in [1.54, 1.807) is 18.2 Å². The molecule has 0 saturated heterocycles. The number of carbonyl (C=O) groups is 1. The lowest BCUT2D eigenvalue weighted by atomic mass is 9.96. The summed E-state index contributed by atoms with van der Waals surface area (Å²) in [7, 11) is -0.660. The molecule has 0 aromatic heterocycles. The summed E-state index contributed by atoms with van der Waals surface area (Å²) in [5, 5.41) is 19.6. The van der Waals surface area contributed by atoms with Gasteiger partial charge in [0.1, 0.15) is 0 Å². The van der Waals surface area contributed by atoms with Gasteiger partial charge < -0.3 is 5.11 Å². The second-order valence-electron chi connectivity index (χ2n) is 6.33. The normalized spacial score (nSPS) is 10.5. The quantitative estimate of drug-likeness (QED) is 0.698. The van der Waals surface area contributed by atoms with Gasteiger partial charge >= 0.3 is 5.97 Å². The third-order valence-corrected chi connectivity index (χ3v) is 5.84. The molecule has 3 rings (SSSR count). The maximum atomic E-state index is 11.6. The molecule has 0 fully saturated rings. The first-order valence-corrected chi connectivity index (χ1v) is 10.8. The Morgan fingerprint density at radius 1 is 0.885 bits per heavy atom. The van der Waals surface area contributed by atoms with Gasteiger partial charge in [-0.1, -0.05) is 66.8 Å². The average molecular weight is 356 g/mol. The van der Waals surface area contributed by atoms with E-state index in [0.717, 1.165) is 22.3 Å². The van der Waals surface area contributed by atoms with E-state index in [2.05, 4.69) is 19.2 Å². The lowest BCUT2D eigenvalue weighted by Crippen LogP contribution is -2.23. The molecule has 0 amide bonds. The van der Waals surface area contributed by atoms with E-state index < -0.39 is 14.8 Å². The van der Waals surface area contributed by atoms with Crippen LogP contribution in [-0.4, -0.2) is 19.9 Å². The molecular weight excluding hydrogens is 338 g/mol. The van der Waals surface area contributed by atoms with E-state index in [0.29, 0.717) is 11.1 Å². The summed E-state index contributed by atoms with van der Waals surface area (Å²) in [6.07, 6.45) is 0. The van der Waals surface area contributed by atoms with Crippen molar-refractivity contribution in [3.8, 4) is 28.3 Å². The van der Waals surface area contributed by atoms with E-state index >= 15 is 0 Å². The average Bonchev–Trinajstić information content (AvgIpc) is 2.67. The van der Waals surface area contributed by atoms with Crippen LogP contribution in [0.15, 0.2) is 66.7 Å². The fraction of sp³-hybridized carbons (Fsp3) is 0.0909. The summed E-state index contributed by atoms with van der Waals surface area (Å²) in [4.78, 5) is 11.6. The van der Waals surface area contributed by atoms with Gasteiger partial charge in [-0.05, 0) is 40.5 Å². The van der Waals surface area contributed by atoms with Crippen molar-refractivity contribution >= 4 is 20.0 Å². The van der Waals surface area contributed by atoms with Crippen LogP contribution in [0.1, 0.15) is 15.9 Å². The van der Waals surface area contributed by atoms with Gasteiger partial charge in [-0.3, -0.25) is 0 Å². The molecule has 3 nitrogen and oxygen atoms in total. The highest BCUT2D eigenvalue weighted by molar-refractivity contribution is 6.70. The molecule has 0 bridgehead atoms. The number of nitrogens with zero attached hydrogens (tertiary/aromatic N) is 1. The maximum absolute atomic E-state index is 11.6. The minimum atomic E-state index is -0.913. The molecule has 3 aromatic carbocycles. The van der Waals surface area contributed by atoms with Crippen LogP contribution in [-0.2, 0) is 0 Å². The van der Waals surface area contributed by atoms with Gasteiger partial charge in [0.25, 0.3) is 0 Å². The van der Waals surface area contributed by atoms with E-state index in [1.807, 2.05) is 48.5 Å². The number of benzene rings is 3. The van der Waals surface area contributed by atoms with Crippen molar-refractivity contribution in [3.05, 3.63) is 77.9 Å². The lowest BCUT2D eigenvalue weighted by Gasteiger charge is -2.12. The number of hydrogen-bond acceptors (Lipinski definition) is 2. The molecule has 0 atom stereocenters. The van der Waals surface area contributed by atoms with E-state index in [1.165, 1.54) is 5.19 Å². The van der Waals surface area contributed by atoms with E-state index in [9.17, 15) is 9.90 Å². The summed E-state index contributed by atoms with van der Waals surface area (Å²) in [5.41, 5.74) is 4.66. The van der Waals surface area contributed by atoms with Crippen molar-refractivity contribution in [3.63, 3.8) is 0 Å². The van der Waals surface area contributed by atoms with E-state index in [4.69, 9.17) is 5.26 Å². The van der Waals surface area contributed by atoms with Crippen LogP contribution >= 0.6 is 0 Å². The van der Waals surface area contributed by atoms with Gasteiger partial charge in [-0.25, -0.2) is 4.79 Å². The summed E-state index contributed by atoms with van der Waals surface area (Å²) in [5.74, 6) is -0.913. The smallest absolute Gasteiger partial charge is 0.336 e. The fourth-order valence-corrected chi connectivity index (χ4v) is 3.71. The van der Waals surface area contributed by atoms with Crippen LogP contribution < -0.4 is 5.19 Å². The Morgan fingerprint density at radius 3 is 1.92 bits per heavy atom. The number of hydrogen-bond donors (Lipinski definition) is 1. The third kappa shape index (κ3) is 3.58. The molecule has 0 aliphatic carbocycles. The summed E-state index contributed by atoms with van der Waals surface area (Å²) in [6, 6.07) is 23.1. The largest absolute Gasteiger partial charge is 0.478 e. The zero-order valence-electron chi connectivity index (χ0n) is 14.7. The van der Waals surface area contributed by atoms with Crippen molar-refractivity contribution < 1.29 is 9.90 Å². The molecular formula is C22H18NO2Si. The van der Waals surface area contributed by atoms with Crippen molar-refractivity contribution in [2.24, 2.45) is 0 Å². The standard InChI is InChI=1S/C22H18NO2Si/c1-26(2)19-11-12-20(22(24)25)21(13-19)18-9-7-17(8-10-18)16-5-3-15(14-23)4-6-16/h3-13H,1-2H3,(H,24,25). The zero-order chi connectivity index (χ0) is 18.7. The van der Waals surface area contributed by atoms with Gasteiger partial charge in [0.2, 0.25) is 0 Å². The molecule has 0 saturated carbocycles. The Bertz CT molecular complexity index is 984. The highest BCUT2D eigenvalue weighted by Crippen LogP contribution is 2.27. The van der Waals surface area contributed by atoms with Crippen molar-refractivity contribution in [2.45, 2.75) is 13.1 Å². The van der Waals surface area contributed by atoms with Gasteiger partial charge in [0.15, 0.2) is 0 Å². The van der Waals surface area contributed by atoms with E-state index in [-0.39, 0.29) is 0 Å². The fourth-order valence-electron chi connectivity index (χ4n) is 2.86. The van der Waals surface area contributed by atoms with Crippen molar-refractivity contribution in [1.29, 1.82) is 5.26 Å². The molecule has 127 valence electrons. The molecule has 0 aliphatic rings. The highest BCUT2D eigenvalue weighted by atomic mass is 28.3. The van der Waals surface area contributed by atoms with Crippen LogP contribution in [0.25, 0.3) is 22.3 Å². The second-order valence-corrected chi connectivity index (χ2v) is 8.91. The summed E-state index contributed by atoms with van der Waals surface area (Å²) in [6.45, 7) is 4.39. The van der Waals surface area contributed by atoms with Crippen LogP contribution in [0, 0.1) is 11.3 Å². The molecule has 0 spiro atoms. The molecule has 3 aromatic rings. The SMILES string of the molecule is C[Si](C)c1ccc(C(=O)O)c(-c2ccc(-c3ccc(C#N)cc3)cc2)c1. The van der Waals surface area contributed by atoms with Gasteiger partial charge in [0, 0.05) is 0 Å². The van der Waals surface area contributed by atoms with Crippen LogP contribution in [0.4, 0.5) is 0 Å². The predicted molar refractivity (Wildman–Crippen MR) is 106 cm³/mol. The monoisotopic (exact) mass is 356 g/mol. The van der Waals surface area contributed by atoms with Crippen molar-refractivity contribution in [1.82, 2.24) is 0 Å². The van der Waals surface area contributed by atoms with Gasteiger partial charge in [-0.2, -0.15) is 5.26 Å². The minimum Gasteiger partial charge on any atom is -0.478 e. The summed E-state index contributed by atoms with van der Waals surface area (Å²) >= 11 is 0. The molecule has 0 unspecified atom stereocenters. The molecule has 1 N–H and O–H groups in total. The van der Waals surface area contributed by atoms with Gasteiger partial charge in [-0.15, -0.1) is 0 Å². The van der Waals surface area contributed by atoms with Gasteiger partial charge in [0.05, 0.1) is 26.0 Å². The maximum Gasteiger partial charge on any atom is 0.336 e. The molecule has 0 aliphatic heterocycles. The first kappa shape index (κ1) is 17.7. The lowest BCUT2D eigenvalue weighted by molar-refractivity contribution is 0.0698. The molecule has 0 heterocycles. The Hall–Kier alpha value is -3.16. The molecule has 1 radical (unpaired) electrons. The second kappa shape index (κ2) is 7.38. The third-order valence-electron chi connectivity index (χ3n) is 4.37. The Morgan fingerprint density at radius 2 is 1.42 bits per heavy atom. The topological polar surface area (TPSA) is 61.1 Å². The number of rotatable bonds is 4. The first-order chi connectivity index (χ1) is 12.5. The number of carboxylic acids is 1. The minimum absolute atomic E-state index is 0.322. The Labute approximate surface area is 154 Å². The van der Waals surface area contributed by atoms with Crippen molar-refractivity contribution in [2.75, 3.05) is 0 Å². The Balaban J connectivity index is 2.01. The Kier molecular flexibility index (Phi) is 5.01. The number of nitriles is 1. The number of aromatic carboxylic acids is 1. The predicted octanol–water partition coefficient (Wildman–Crippen LogP) is 4.55. The van der Waals surface area contributed by atoms with Crippen LogP contribution in [0.3, 0.4) is 0 Å². The highest BCUT2D eigenvalue weighted by Gasteiger charge is 2.14. The van der Waals surface area contributed by atoms with Crippen LogP contribution in [0.2, 0.25) is 13.1 Å².